The molecule has 0 radical (unpaired) electrons. The van der Waals surface area contributed by atoms with Crippen LogP contribution in [0.3, 0.4) is 0 Å². The van der Waals surface area contributed by atoms with E-state index >= 15 is 0 Å². The Morgan fingerprint density at radius 1 is 1.62 bits per heavy atom. The summed E-state index contributed by atoms with van der Waals surface area (Å²) in [6.45, 7) is 3.02. The Morgan fingerprint density at radius 2 is 2.31 bits per heavy atom. The highest BCUT2D eigenvalue weighted by atomic mass is 79.9. The van der Waals surface area contributed by atoms with Crippen LogP contribution in [0.5, 0.6) is 0 Å². The maximum atomic E-state index is 5.69. The molecule has 0 bridgehead atoms. The molecule has 0 aromatic carbocycles. The standard InChI is InChI=1S/C9H12BrClN2/c1-3-13(2)9-8(10)4-7(5-11)6-12-9/h4,6H,3,5H2,1-2H3. The molecule has 0 saturated heterocycles. The first-order chi connectivity index (χ1) is 6.19. The van der Waals surface area contributed by atoms with Crippen LogP contribution >= 0.6 is 27.5 Å². The first-order valence-corrected chi connectivity index (χ1v) is 5.43. The largest absolute Gasteiger partial charge is 0.359 e. The highest BCUT2D eigenvalue weighted by Gasteiger charge is 2.05. The number of alkyl halides is 1. The van der Waals surface area contributed by atoms with Crippen LogP contribution < -0.4 is 4.90 Å². The van der Waals surface area contributed by atoms with Gasteiger partial charge < -0.3 is 4.90 Å². The second kappa shape index (κ2) is 4.82. The summed E-state index contributed by atoms with van der Waals surface area (Å²) in [5.41, 5.74) is 1.03. The number of halogens is 2. The summed E-state index contributed by atoms with van der Waals surface area (Å²) in [4.78, 5) is 6.39. The smallest absolute Gasteiger partial charge is 0.142 e. The van der Waals surface area contributed by atoms with Gasteiger partial charge in [-0.25, -0.2) is 4.98 Å². The van der Waals surface area contributed by atoms with Gasteiger partial charge >= 0.3 is 0 Å². The zero-order chi connectivity index (χ0) is 9.84. The molecule has 0 N–H and O–H groups in total. The number of hydrogen-bond acceptors (Lipinski definition) is 2. The van der Waals surface area contributed by atoms with Gasteiger partial charge in [0.1, 0.15) is 5.82 Å². The molecule has 0 spiro atoms. The van der Waals surface area contributed by atoms with E-state index in [1.54, 1.807) is 6.20 Å². The van der Waals surface area contributed by atoms with Crippen molar-refractivity contribution in [1.29, 1.82) is 0 Å². The minimum absolute atomic E-state index is 0.502. The molecule has 0 aliphatic heterocycles. The van der Waals surface area contributed by atoms with E-state index in [0.717, 1.165) is 22.4 Å². The molecule has 0 fully saturated rings. The monoisotopic (exact) mass is 262 g/mol. The third kappa shape index (κ3) is 2.58. The lowest BCUT2D eigenvalue weighted by atomic mass is 10.3. The molecule has 4 heteroatoms. The summed E-state index contributed by atoms with van der Waals surface area (Å²) in [7, 11) is 2.01. The molecule has 0 unspecified atom stereocenters. The van der Waals surface area contributed by atoms with Gasteiger partial charge in [-0.15, -0.1) is 11.6 Å². The van der Waals surface area contributed by atoms with E-state index in [1.807, 2.05) is 13.1 Å². The fourth-order valence-corrected chi connectivity index (χ4v) is 1.82. The molecule has 0 aliphatic rings. The van der Waals surface area contributed by atoms with Gasteiger partial charge in [-0.2, -0.15) is 0 Å². The van der Waals surface area contributed by atoms with E-state index in [4.69, 9.17) is 11.6 Å². The van der Waals surface area contributed by atoms with Crippen LogP contribution in [0.1, 0.15) is 12.5 Å². The van der Waals surface area contributed by atoms with Gasteiger partial charge in [0.25, 0.3) is 0 Å². The molecule has 0 amide bonds. The lowest BCUT2D eigenvalue weighted by Crippen LogP contribution is -2.17. The minimum atomic E-state index is 0.502. The average Bonchev–Trinajstić information content (AvgIpc) is 2.16. The lowest BCUT2D eigenvalue weighted by molar-refractivity contribution is 0.931. The van der Waals surface area contributed by atoms with Gasteiger partial charge in [-0.3, -0.25) is 0 Å². The first kappa shape index (κ1) is 10.8. The Morgan fingerprint density at radius 3 is 2.77 bits per heavy atom. The molecule has 0 atom stereocenters. The number of anilines is 1. The molecule has 1 rings (SSSR count). The third-order valence-corrected chi connectivity index (χ3v) is 2.76. The minimum Gasteiger partial charge on any atom is -0.359 e. The highest BCUT2D eigenvalue weighted by Crippen LogP contribution is 2.23. The van der Waals surface area contributed by atoms with Gasteiger partial charge in [0.15, 0.2) is 0 Å². The van der Waals surface area contributed by atoms with Crippen LogP contribution in [0.15, 0.2) is 16.7 Å². The van der Waals surface area contributed by atoms with Gasteiger partial charge in [0.05, 0.1) is 4.47 Å². The normalized spacial score (nSPS) is 10.2. The second-order valence-corrected chi connectivity index (χ2v) is 3.92. The van der Waals surface area contributed by atoms with Crippen LogP contribution in [-0.2, 0) is 5.88 Å². The van der Waals surface area contributed by atoms with Gasteiger partial charge in [0.2, 0.25) is 0 Å². The number of hydrogen-bond donors (Lipinski definition) is 0. The van der Waals surface area contributed by atoms with Gasteiger partial charge in [-0.05, 0) is 34.5 Å². The fraction of sp³-hybridized carbons (Fsp3) is 0.444. The van der Waals surface area contributed by atoms with Crippen molar-refractivity contribution in [2.75, 3.05) is 18.5 Å². The third-order valence-electron chi connectivity index (χ3n) is 1.87. The van der Waals surface area contributed by atoms with Crippen molar-refractivity contribution < 1.29 is 0 Å². The summed E-state index contributed by atoms with van der Waals surface area (Å²) >= 11 is 9.16. The molecule has 1 heterocycles. The van der Waals surface area contributed by atoms with Crippen molar-refractivity contribution in [1.82, 2.24) is 4.98 Å². The van der Waals surface area contributed by atoms with Crippen molar-refractivity contribution in [3.05, 3.63) is 22.3 Å². The first-order valence-electron chi connectivity index (χ1n) is 4.10. The Labute approximate surface area is 92.0 Å². The van der Waals surface area contributed by atoms with Crippen LogP contribution in [0.4, 0.5) is 5.82 Å². The van der Waals surface area contributed by atoms with Crippen molar-refractivity contribution in [3.63, 3.8) is 0 Å². The molecular weight excluding hydrogens is 251 g/mol. The van der Waals surface area contributed by atoms with E-state index in [9.17, 15) is 0 Å². The topological polar surface area (TPSA) is 16.1 Å². The van der Waals surface area contributed by atoms with Crippen molar-refractivity contribution >= 4 is 33.3 Å². The van der Waals surface area contributed by atoms with E-state index in [-0.39, 0.29) is 0 Å². The zero-order valence-corrected chi connectivity index (χ0v) is 10.1. The van der Waals surface area contributed by atoms with Gasteiger partial charge in [-0.1, -0.05) is 0 Å². The maximum Gasteiger partial charge on any atom is 0.142 e. The Kier molecular flexibility index (Phi) is 4.00. The van der Waals surface area contributed by atoms with E-state index in [2.05, 4.69) is 32.7 Å². The molecule has 0 aliphatic carbocycles. The van der Waals surface area contributed by atoms with Gasteiger partial charge in [0, 0.05) is 25.7 Å². The number of pyridine rings is 1. The Bertz CT molecular complexity index is 291. The van der Waals surface area contributed by atoms with Crippen LogP contribution in [-0.4, -0.2) is 18.6 Å². The summed E-state index contributed by atoms with van der Waals surface area (Å²) in [6, 6.07) is 2.00. The maximum absolute atomic E-state index is 5.69. The molecule has 2 nitrogen and oxygen atoms in total. The second-order valence-electron chi connectivity index (χ2n) is 2.80. The van der Waals surface area contributed by atoms with Crippen LogP contribution in [0, 0.1) is 0 Å². The molecule has 13 heavy (non-hydrogen) atoms. The number of nitrogens with zero attached hydrogens (tertiary/aromatic N) is 2. The Balaban J connectivity index is 2.98. The van der Waals surface area contributed by atoms with Crippen LogP contribution in [0.2, 0.25) is 0 Å². The van der Waals surface area contributed by atoms with Crippen LogP contribution in [0.25, 0.3) is 0 Å². The van der Waals surface area contributed by atoms with E-state index in [0.29, 0.717) is 5.88 Å². The van der Waals surface area contributed by atoms with E-state index < -0.39 is 0 Å². The Hall–Kier alpha value is -0.280. The molecular formula is C9H12BrClN2. The van der Waals surface area contributed by atoms with E-state index in [1.165, 1.54) is 0 Å². The average molecular weight is 264 g/mol. The summed E-state index contributed by atoms with van der Waals surface area (Å²) < 4.78 is 0.995. The summed E-state index contributed by atoms with van der Waals surface area (Å²) in [5, 5.41) is 0. The predicted octanol–water partition coefficient (Wildman–Crippen LogP) is 3.04. The number of rotatable bonds is 3. The molecule has 1 aromatic heterocycles. The quantitative estimate of drug-likeness (QED) is 0.779. The molecule has 0 saturated carbocycles. The SMILES string of the molecule is CCN(C)c1ncc(CCl)cc1Br. The van der Waals surface area contributed by atoms with Crippen molar-refractivity contribution in [2.45, 2.75) is 12.8 Å². The fourth-order valence-electron chi connectivity index (χ4n) is 0.974. The molecule has 72 valence electrons. The zero-order valence-electron chi connectivity index (χ0n) is 7.72. The lowest BCUT2D eigenvalue weighted by Gasteiger charge is -2.17. The molecule has 1 aromatic rings. The predicted molar refractivity (Wildman–Crippen MR) is 60.4 cm³/mol. The summed E-state index contributed by atoms with van der Waals surface area (Å²) in [6.07, 6.45) is 1.80. The number of aromatic nitrogens is 1. The summed E-state index contributed by atoms with van der Waals surface area (Å²) in [5.74, 6) is 1.46. The van der Waals surface area contributed by atoms with Crippen molar-refractivity contribution in [3.8, 4) is 0 Å². The highest BCUT2D eigenvalue weighted by molar-refractivity contribution is 9.10. The van der Waals surface area contributed by atoms with Crippen molar-refractivity contribution in [2.24, 2.45) is 0 Å².